The van der Waals surface area contributed by atoms with E-state index in [0.29, 0.717) is 0 Å². The Morgan fingerprint density at radius 2 is 0.328 bits per heavy atom. The fourth-order valence-electron chi connectivity index (χ4n) is 16.9. The summed E-state index contributed by atoms with van der Waals surface area (Å²) in [6.45, 7) is 26.3. The maximum Gasteiger partial charge on any atom is -0.0162 e. The highest BCUT2D eigenvalue weighted by atomic mass is 14.3. The minimum Gasteiger partial charge on any atom is -0.0654 e. The summed E-state index contributed by atoms with van der Waals surface area (Å²) in [5.74, 6) is 3.66. The van der Waals surface area contributed by atoms with Crippen molar-refractivity contribution in [3.05, 3.63) is 358 Å². The van der Waals surface area contributed by atoms with Gasteiger partial charge in [0, 0.05) is 0 Å². The molecule has 2 fully saturated rings. The van der Waals surface area contributed by atoms with Crippen molar-refractivity contribution in [1.82, 2.24) is 0 Å². The first-order chi connectivity index (χ1) is 58.1. The molecule has 2 aliphatic carbocycles. The minimum atomic E-state index is 0.791. The third-order valence-electron chi connectivity index (χ3n) is 25.1. The predicted molar refractivity (Wildman–Crippen MR) is 526 cm³/mol. The topological polar surface area (TPSA) is 0 Å². The molecule has 0 spiro atoms. The molecule has 0 aliphatic heterocycles. The number of unbranched alkanes of at least 4 members (excludes halogenated alkanes) is 13. The van der Waals surface area contributed by atoms with Gasteiger partial charge in [0.15, 0.2) is 0 Å². The Labute approximate surface area is 725 Å². The Morgan fingerprint density at radius 3 is 0.571 bits per heavy atom. The van der Waals surface area contributed by atoms with Gasteiger partial charge in [-0.2, -0.15) is 0 Å². The second-order valence-electron chi connectivity index (χ2n) is 35.3. The summed E-state index contributed by atoms with van der Waals surface area (Å²) in [4.78, 5) is 0. The third-order valence-corrected chi connectivity index (χ3v) is 25.1. The SMILES string of the molecule is CCCCCC1CCC(c2ccc(-c3ccc(C)cc3)cc2)CC1.CCCCCCC1CCC(c2ccc(C)cc2)CC1.CCCCCCCc1ccc(-c2ccc(C)cc2)cc1.CCCCCc1ccc(-c2ccc(-c3ccc(C)cc3)cc2)cc1.CCCCCc1ccc(-c2ccc(C)cc2)cc1.Cc1ccc(-c2ccc(C)cc2)cc1. The van der Waals surface area contributed by atoms with Gasteiger partial charge in [-0.1, -0.05) is 474 Å². The van der Waals surface area contributed by atoms with Crippen LogP contribution < -0.4 is 0 Å². The van der Waals surface area contributed by atoms with E-state index < -0.39 is 0 Å². The lowest BCUT2D eigenvalue weighted by Crippen LogP contribution is -2.13. The van der Waals surface area contributed by atoms with E-state index in [1.807, 2.05) is 0 Å². The molecular formula is C119H150. The maximum absolute atomic E-state index is 2.37. The lowest BCUT2D eigenvalue weighted by Gasteiger charge is -2.29. The van der Waals surface area contributed by atoms with Crippen LogP contribution >= 0.6 is 0 Å². The van der Waals surface area contributed by atoms with Crippen LogP contribution in [0.15, 0.2) is 291 Å². The van der Waals surface area contributed by atoms with Gasteiger partial charge in [-0.05, 0) is 257 Å². The van der Waals surface area contributed by atoms with Crippen LogP contribution in [0.3, 0.4) is 0 Å². The lowest BCUT2D eigenvalue weighted by atomic mass is 9.77. The van der Waals surface area contributed by atoms with Crippen LogP contribution in [0.2, 0.25) is 0 Å². The van der Waals surface area contributed by atoms with Crippen LogP contribution in [0.1, 0.15) is 293 Å². The fourth-order valence-corrected chi connectivity index (χ4v) is 16.9. The Balaban J connectivity index is 0.000000164. The molecule has 0 unspecified atom stereocenters. The van der Waals surface area contributed by atoms with Crippen molar-refractivity contribution in [3.8, 4) is 66.8 Å². The van der Waals surface area contributed by atoms with Crippen LogP contribution in [-0.4, -0.2) is 0 Å². The van der Waals surface area contributed by atoms with E-state index in [9.17, 15) is 0 Å². The van der Waals surface area contributed by atoms with Crippen LogP contribution in [0.4, 0.5) is 0 Å². The van der Waals surface area contributed by atoms with Crippen molar-refractivity contribution >= 4 is 0 Å². The van der Waals surface area contributed by atoms with E-state index in [0.717, 1.165) is 23.7 Å². The molecule has 626 valence electrons. The molecule has 0 N–H and O–H groups in total. The Hall–Kier alpha value is -9.36. The Bertz CT molecular complexity index is 4550. The fraction of sp³-hybridized carbons (Fsp3) is 0.395. The summed E-state index contributed by atoms with van der Waals surface area (Å²) in [6.07, 6.45) is 42.5. The van der Waals surface area contributed by atoms with Crippen LogP contribution in [0, 0.1) is 60.3 Å². The molecule has 2 saturated carbocycles. The molecule has 2 aliphatic rings. The normalized spacial score (nSPS) is 14.7. The molecule has 0 heteroatoms. The summed E-state index contributed by atoms with van der Waals surface area (Å²) >= 11 is 0. The van der Waals surface area contributed by atoms with Gasteiger partial charge in [0.1, 0.15) is 0 Å². The van der Waals surface area contributed by atoms with E-state index >= 15 is 0 Å². The summed E-state index contributed by atoms with van der Waals surface area (Å²) in [6, 6.07) is 107. The van der Waals surface area contributed by atoms with Crippen molar-refractivity contribution in [2.45, 2.75) is 294 Å². The average Bonchev–Trinajstić information content (AvgIpc) is 0.850. The molecule has 0 heterocycles. The molecule has 0 nitrogen and oxygen atoms in total. The molecule has 0 bridgehead atoms. The molecule has 0 amide bonds. The van der Waals surface area contributed by atoms with Gasteiger partial charge in [0.05, 0.1) is 0 Å². The van der Waals surface area contributed by atoms with Gasteiger partial charge in [-0.25, -0.2) is 0 Å². The second-order valence-corrected chi connectivity index (χ2v) is 35.3. The largest absolute Gasteiger partial charge is 0.0654 e. The summed E-state index contributed by atoms with van der Waals surface area (Å²) in [5, 5.41) is 0. The number of rotatable bonds is 31. The van der Waals surface area contributed by atoms with Gasteiger partial charge in [0.25, 0.3) is 0 Å². The van der Waals surface area contributed by atoms with Gasteiger partial charge in [-0.15, -0.1) is 0 Å². The number of hydrogen-bond acceptors (Lipinski definition) is 0. The molecule has 0 saturated heterocycles. The lowest BCUT2D eigenvalue weighted by molar-refractivity contribution is 0.302. The van der Waals surface area contributed by atoms with Crippen LogP contribution in [0.5, 0.6) is 0 Å². The Morgan fingerprint density at radius 1 is 0.168 bits per heavy atom. The number of hydrogen-bond donors (Lipinski definition) is 0. The monoisotopic (exact) mass is 1580 g/mol. The second kappa shape index (κ2) is 53.3. The van der Waals surface area contributed by atoms with E-state index in [2.05, 4.69) is 374 Å². The van der Waals surface area contributed by atoms with E-state index in [4.69, 9.17) is 0 Å². The molecule has 0 aromatic heterocycles. The average molecular weight is 1580 g/mol. The van der Waals surface area contributed by atoms with Crippen LogP contribution in [-0.2, 0) is 19.3 Å². The van der Waals surface area contributed by atoms with Crippen molar-refractivity contribution in [1.29, 1.82) is 0 Å². The van der Waals surface area contributed by atoms with Gasteiger partial charge < -0.3 is 0 Å². The minimum absolute atomic E-state index is 0.791. The first kappa shape index (κ1) is 93.5. The maximum atomic E-state index is 2.37. The van der Waals surface area contributed by atoms with Gasteiger partial charge >= 0.3 is 0 Å². The molecule has 119 heavy (non-hydrogen) atoms. The van der Waals surface area contributed by atoms with Crippen LogP contribution in [0.25, 0.3) is 66.8 Å². The molecule has 12 aromatic rings. The van der Waals surface area contributed by atoms with E-state index in [-0.39, 0.29) is 0 Å². The highest BCUT2D eigenvalue weighted by Gasteiger charge is 2.24. The van der Waals surface area contributed by atoms with Crippen molar-refractivity contribution < 1.29 is 0 Å². The zero-order chi connectivity index (χ0) is 84.0. The standard InChI is InChI=1S/C24H32.C24H26.C20H26.C19H30.C18H22.C14H14/c2*1-3-4-5-6-20-9-13-22(14-10-20)24-17-15-23(16-18-24)21-11-7-19(2)8-12-21;1-3-4-5-6-7-8-18-11-15-20(16-12-18)19-13-9-17(2)10-14-19;1-3-4-5-6-7-17-10-14-19(15-11-17)18-12-8-16(2)9-13-18;1-3-4-5-6-16-9-13-18(14-10-16)17-11-7-15(2)8-12-17;1-11-3-7-13(8-4-11)14-9-5-12(2)6-10-14/h7-8,11-12,15-18,20,22H,3-6,9-10,13-14H2,1-2H3;7-18H,3-6H2,1-2H3;9-16H,3-8H2,1-2H3;8-9,12-13,17,19H,3-7,10-11,14-15H2,1-2H3;7-14H,3-6H2,1-2H3;3-10H,1-2H3. The number of aryl methyl sites for hydroxylation is 10. The van der Waals surface area contributed by atoms with Gasteiger partial charge in [-0.3, -0.25) is 0 Å². The van der Waals surface area contributed by atoms with Crippen molar-refractivity contribution in [2.24, 2.45) is 11.8 Å². The molecule has 0 atom stereocenters. The first-order valence-corrected chi connectivity index (χ1v) is 47.1. The predicted octanol–water partition coefficient (Wildman–Crippen LogP) is 36.4. The Kier molecular flexibility index (Phi) is 41.9. The number of benzene rings is 12. The highest BCUT2D eigenvalue weighted by Crippen LogP contribution is 2.40. The summed E-state index contributed by atoms with van der Waals surface area (Å²) < 4.78 is 0. The summed E-state index contributed by atoms with van der Waals surface area (Å²) in [7, 11) is 0. The molecule has 14 rings (SSSR count). The zero-order valence-electron chi connectivity index (χ0n) is 75.9. The third kappa shape index (κ3) is 34.0. The van der Waals surface area contributed by atoms with E-state index in [1.54, 1.807) is 11.1 Å². The van der Waals surface area contributed by atoms with Crippen molar-refractivity contribution in [2.75, 3.05) is 0 Å². The molecular weight excluding hydrogens is 1430 g/mol. The summed E-state index contributed by atoms with van der Waals surface area (Å²) in [5.41, 5.74) is 32.4. The van der Waals surface area contributed by atoms with Crippen molar-refractivity contribution in [3.63, 3.8) is 0 Å². The smallest absolute Gasteiger partial charge is 0.0162 e. The first-order valence-electron chi connectivity index (χ1n) is 47.1. The quantitative estimate of drug-likeness (QED) is 0.0380. The molecule has 0 radical (unpaired) electrons. The highest BCUT2D eigenvalue weighted by molar-refractivity contribution is 5.71. The zero-order valence-corrected chi connectivity index (χ0v) is 75.9. The molecule has 12 aromatic carbocycles. The van der Waals surface area contributed by atoms with Gasteiger partial charge in [0.2, 0.25) is 0 Å². The van der Waals surface area contributed by atoms with E-state index in [1.165, 1.54) is 321 Å².